The van der Waals surface area contributed by atoms with Crippen LogP contribution in [0.15, 0.2) is 0 Å². The van der Waals surface area contributed by atoms with Crippen molar-refractivity contribution in [3.05, 3.63) is 0 Å². The Bertz CT molecular complexity index is 322. The van der Waals surface area contributed by atoms with Crippen LogP contribution in [-0.2, 0) is 10.0 Å². The van der Waals surface area contributed by atoms with Gasteiger partial charge in [0.05, 0.1) is 5.25 Å². The molecule has 0 heterocycles. The Labute approximate surface area is 120 Å². The lowest BCUT2D eigenvalue weighted by Gasteiger charge is -2.24. The van der Waals surface area contributed by atoms with Gasteiger partial charge in [0.15, 0.2) is 0 Å². The highest BCUT2D eigenvalue weighted by Gasteiger charge is 2.28. The van der Waals surface area contributed by atoms with Crippen LogP contribution in [0.25, 0.3) is 0 Å². The van der Waals surface area contributed by atoms with E-state index in [0.717, 1.165) is 38.5 Å². The maximum Gasteiger partial charge on any atom is 0.214 e. The predicted octanol–water partition coefficient (Wildman–Crippen LogP) is 3.44. The van der Waals surface area contributed by atoms with Gasteiger partial charge in [0.25, 0.3) is 0 Å². The van der Waals surface area contributed by atoms with Crippen LogP contribution < -0.4 is 4.72 Å². The fourth-order valence-electron chi connectivity index (χ4n) is 2.66. The molecule has 1 aliphatic rings. The number of nitrogens with one attached hydrogen (secondary N) is 1. The molecule has 0 radical (unpaired) electrons. The number of hydrogen-bond donors (Lipinski definition) is 1. The van der Waals surface area contributed by atoms with E-state index >= 15 is 0 Å². The second-order valence-corrected chi connectivity index (χ2v) is 8.47. The van der Waals surface area contributed by atoms with Crippen LogP contribution in [0.1, 0.15) is 58.8 Å². The highest BCUT2D eigenvalue weighted by molar-refractivity contribution is 9.09. The average Bonchev–Trinajstić information content (AvgIpc) is 2.39. The molecule has 1 saturated carbocycles. The number of alkyl halides is 1. The molecule has 0 saturated heterocycles. The Morgan fingerprint density at radius 1 is 1.17 bits per heavy atom. The molecular formula is C13H26BrNO2S. The van der Waals surface area contributed by atoms with Gasteiger partial charge in [0.1, 0.15) is 0 Å². The fraction of sp³-hybridized carbons (Fsp3) is 1.00. The standard InChI is InChI=1S/C13H26BrNO2S/c1-3-11(4-2)13(14)10-15-18(16,17)12-8-6-5-7-9-12/h11-13,15H,3-10H2,1-2H3. The quantitative estimate of drug-likeness (QED) is 0.722. The molecular weight excluding hydrogens is 314 g/mol. The summed E-state index contributed by atoms with van der Waals surface area (Å²) in [5, 5.41) is -0.160. The van der Waals surface area contributed by atoms with Gasteiger partial charge in [-0.2, -0.15) is 0 Å². The van der Waals surface area contributed by atoms with Gasteiger partial charge in [-0.1, -0.05) is 61.9 Å². The molecule has 1 unspecified atom stereocenters. The van der Waals surface area contributed by atoms with Crippen molar-refractivity contribution < 1.29 is 8.42 Å². The van der Waals surface area contributed by atoms with Crippen LogP contribution in [0, 0.1) is 5.92 Å². The second-order valence-electron chi connectivity index (χ2n) is 5.25. The largest absolute Gasteiger partial charge is 0.214 e. The molecule has 0 aromatic heterocycles. The number of hydrogen-bond acceptors (Lipinski definition) is 2. The first kappa shape index (κ1) is 16.4. The SMILES string of the molecule is CCC(CC)C(Br)CNS(=O)(=O)C1CCCCC1. The van der Waals surface area contributed by atoms with Crippen molar-refractivity contribution in [2.45, 2.75) is 68.9 Å². The van der Waals surface area contributed by atoms with Crippen molar-refractivity contribution in [2.75, 3.05) is 6.54 Å². The molecule has 0 aromatic rings. The summed E-state index contributed by atoms with van der Waals surface area (Å²) in [6.45, 7) is 4.82. The van der Waals surface area contributed by atoms with Gasteiger partial charge < -0.3 is 0 Å². The molecule has 0 spiro atoms. The summed E-state index contributed by atoms with van der Waals surface area (Å²) in [6.07, 6.45) is 7.10. The Balaban J connectivity index is 2.45. The summed E-state index contributed by atoms with van der Waals surface area (Å²) >= 11 is 3.61. The Morgan fingerprint density at radius 2 is 1.72 bits per heavy atom. The van der Waals surface area contributed by atoms with Gasteiger partial charge >= 0.3 is 0 Å². The van der Waals surface area contributed by atoms with Gasteiger partial charge in [-0.15, -0.1) is 0 Å². The third-order valence-corrected chi connectivity index (χ3v) is 7.02. The van der Waals surface area contributed by atoms with Gasteiger partial charge in [-0.05, 0) is 18.8 Å². The minimum atomic E-state index is -3.11. The van der Waals surface area contributed by atoms with Crippen LogP contribution in [-0.4, -0.2) is 25.0 Å². The van der Waals surface area contributed by atoms with Crippen LogP contribution in [0.5, 0.6) is 0 Å². The van der Waals surface area contributed by atoms with Crippen molar-refractivity contribution in [3.63, 3.8) is 0 Å². The van der Waals surface area contributed by atoms with Crippen LogP contribution in [0.2, 0.25) is 0 Å². The van der Waals surface area contributed by atoms with Crippen LogP contribution in [0.4, 0.5) is 0 Å². The molecule has 0 aromatic carbocycles. The average molecular weight is 340 g/mol. The zero-order chi connectivity index (χ0) is 13.6. The molecule has 1 rings (SSSR count). The van der Waals surface area contributed by atoms with E-state index in [1.54, 1.807) is 0 Å². The minimum absolute atomic E-state index is 0.160. The van der Waals surface area contributed by atoms with Crippen molar-refractivity contribution >= 4 is 26.0 Å². The van der Waals surface area contributed by atoms with E-state index in [1.807, 2.05) is 0 Å². The topological polar surface area (TPSA) is 46.2 Å². The van der Waals surface area contributed by atoms with E-state index < -0.39 is 10.0 Å². The number of halogens is 1. The minimum Gasteiger partial charge on any atom is -0.214 e. The Hall–Kier alpha value is 0.390. The van der Waals surface area contributed by atoms with Crippen molar-refractivity contribution in [3.8, 4) is 0 Å². The monoisotopic (exact) mass is 339 g/mol. The Kier molecular flexibility index (Phi) is 7.17. The highest BCUT2D eigenvalue weighted by Crippen LogP contribution is 2.24. The van der Waals surface area contributed by atoms with Gasteiger partial charge in [0, 0.05) is 11.4 Å². The van der Waals surface area contributed by atoms with Crippen LogP contribution in [0.3, 0.4) is 0 Å². The van der Waals surface area contributed by atoms with E-state index in [4.69, 9.17) is 0 Å². The molecule has 1 aliphatic carbocycles. The summed E-state index contributed by atoms with van der Waals surface area (Å²) in [4.78, 5) is 0.242. The molecule has 18 heavy (non-hydrogen) atoms. The first-order chi connectivity index (χ1) is 8.51. The highest BCUT2D eigenvalue weighted by atomic mass is 79.9. The molecule has 0 bridgehead atoms. The lowest BCUT2D eigenvalue weighted by molar-refractivity contribution is 0.458. The van der Waals surface area contributed by atoms with Gasteiger partial charge in [-0.3, -0.25) is 0 Å². The smallest absolute Gasteiger partial charge is 0.214 e. The third kappa shape index (κ3) is 4.82. The maximum absolute atomic E-state index is 12.2. The van der Waals surface area contributed by atoms with Crippen molar-refractivity contribution in [1.29, 1.82) is 0 Å². The van der Waals surface area contributed by atoms with E-state index in [2.05, 4.69) is 34.5 Å². The zero-order valence-corrected chi connectivity index (χ0v) is 13.9. The molecule has 0 amide bonds. The molecule has 0 aliphatic heterocycles. The summed E-state index contributed by atoms with van der Waals surface area (Å²) in [6, 6.07) is 0. The molecule has 3 nitrogen and oxygen atoms in total. The maximum atomic E-state index is 12.2. The predicted molar refractivity (Wildman–Crippen MR) is 80.6 cm³/mol. The van der Waals surface area contributed by atoms with E-state index in [-0.39, 0.29) is 10.1 Å². The van der Waals surface area contributed by atoms with E-state index in [0.29, 0.717) is 12.5 Å². The van der Waals surface area contributed by atoms with Crippen molar-refractivity contribution in [1.82, 2.24) is 4.72 Å². The Morgan fingerprint density at radius 3 is 2.22 bits per heavy atom. The van der Waals surface area contributed by atoms with Gasteiger partial charge in [-0.25, -0.2) is 13.1 Å². The normalized spacial score (nSPS) is 20.2. The molecule has 1 atom stereocenters. The van der Waals surface area contributed by atoms with Crippen molar-refractivity contribution in [2.24, 2.45) is 5.92 Å². The zero-order valence-electron chi connectivity index (χ0n) is 11.5. The summed E-state index contributed by atoms with van der Waals surface area (Å²) in [5.74, 6) is 0.541. The third-order valence-electron chi connectivity index (χ3n) is 4.03. The fourth-order valence-corrected chi connectivity index (χ4v) is 5.38. The lowest BCUT2D eigenvalue weighted by atomic mass is 10.00. The lowest BCUT2D eigenvalue weighted by Crippen LogP contribution is -2.39. The van der Waals surface area contributed by atoms with Gasteiger partial charge in [0.2, 0.25) is 10.0 Å². The first-order valence-corrected chi connectivity index (χ1v) is 9.60. The molecule has 108 valence electrons. The van der Waals surface area contributed by atoms with Crippen LogP contribution >= 0.6 is 15.9 Å². The summed E-state index contributed by atoms with van der Waals surface area (Å²) in [5.41, 5.74) is 0. The second kappa shape index (κ2) is 7.85. The summed E-state index contributed by atoms with van der Waals surface area (Å²) in [7, 11) is -3.11. The number of rotatable bonds is 7. The van der Waals surface area contributed by atoms with E-state index in [1.165, 1.54) is 6.42 Å². The van der Waals surface area contributed by atoms with E-state index in [9.17, 15) is 8.42 Å². The molecule has 1 N–H and O–H groups in total. The number of sulfonamides is 1. The summed E-state index contributed by atoms with van der Waals surface area (Å²) < 4.78 is 27.1. The molecule has 1 fully saturated rings. The molecule has 5 heteroatoms. The first-order valence-electron chi connectivity index (χ1n) is 7.13.